The lowest BCUT2D eigenvalue weighted by atomic mass is 10.2. The number of aromatic nitrogens is 1. The van der Waals surface area contributed by atoms with Crippen molar-refractivity contribution >= 4 is 0 Å². The van der Waals surface area contributed by atoms with E-state index in [0.717, 1.165) is 0 Å². The Hall–Kier alpha value is -1.72. The fraction of sp³-hybridized carbons (Fsp3) is 0.250. The van der Waals surface area contributed by atoms with Crippen LogP contribution in [0.4, 0.5) is 4.39 Å². The minimum absolute atomic E-state index is 0.316. The molecule has 1 heterocycles. The lowest BCUT2D eigenvalue weighted by Crippen LogP contribution is -2.06. The van der Waals surface area contributed by atoms with Crippen LogP contribution in [-0.2, 0) is 0 Å². The molecule has 0 aliphatic rings. The van der Waals surface area contributed by atoms with E-state index in [-0.39, 0.29) is 5.82 Å². The Labute approximate surface area is 97.9 Å². The zero-order valence-corrected chi connectivity index (χ0v) is 9.14. The lowest BCUT2D eigenvalue weighted by molar-refractivity contribution is 0.165. The van der Waals surface area contributed by atoms with Gasteiger partial charge in [-0.15, -0.1) is 0 Å². The van der Waals surface area contributed by atoms with Gasteiger partial charge in [0.15, 0.2) is 0 Å². The van der Waals surface area contributed by atoms with Crippen molar-refractivity contribution in [1.82, 2.24) is 4.98 Å². The molecule has 0 aliphatic heterocycles. The average molecular weight is 236 g/mol. The highest BCUT2D eigenvalue weighted by Gasteiger charge is 2.13. The second-order valence-corrected chi connectivity index (χ2v) is 3.68. The molecule has 0 unspecified atom stereocenters. The van der Waals surface area contributed by atoms with Crippen LogP contribution in [0.15, 0.2) is 34.9 Å². The minimum atomic E-state index is -0.724. The number of aliphatic hydroxyl groups is 1. The molecule has 2 aromatic rings. The molecule has 90 valence electrons. The van der Waals surface area contributed by atoms with E-state index in [9.17, 15) is 9.50 Å². The van der Waals surface area contributed by atoms with Gasteiger partial charge in [0.2, 0.25) is 5.89 Å². The standard InChI is InChI=1S/C12H13FN2O2/c13-9-3-1-8(2-4-9)12-15-10(7-17-12)11(16)5-6-14/h1-4,7,11,16H,5-6,14H2/t11-/m0/s1. The van der Waals surface area contributed by atoms with Crippen LogP contribution in [0.1, 0.15) is 18.2 Å². The first-order chi connectivity index (χ1) is 8.20. The quantitative estimate of drug-likeness (QED) is 0.849. The third-order valence-corrected chi connectivity index (χ3v) is 2.39. The van der Waals surface area contributed by atoms with Crippen LogP contribution in [0.3, 0.4) is 0 Å². The molecule has 17 heavy (non-hydrogen) atoms. The summed E-state index contributed by atoms with van der Waals surface area (Å²) in [5, 5.41) is 9.66. The Bertz CT molecular complexity index is 482. The van der Waals surface area contributed by atoms with Gasteiger partial charge in [0.05, 0.1) is 0 Å². The molecular formula is C12H13FN2O2. The molecule has 0 aliphatic carbocycles. The molecule has 0 saturated heterocycles. The lowest BCUT2D eigenvalue weighted by Gasteiger charge is -2.02. The molecule has 3 N–H and O–H groups in total. The molecule has 2 rings (SSSR count). The summed E-state index contributed by atoms with van der Waals surface area (Å²) in [4.78, 5) is 4.13. The number of nitrogens with zero attached hydrogens (tertiary/aromatic N) is 1. The monoisotopic (exact) mass is 236 g/mol. The molecule has 4 nitrogen and oxygen atoms in total. The summed E-state index contributed by atoms with van der Waals surface area (Å²) in [5.74, 6) is 0.0415. The van der Waals surface area contributed by atoms with Gasteiger partial charge in [-0.25, -0.2) is 9.37 Å². The van der Waals surface area contributed by atoms with Crippen molar-refractivity contribution in [1.29, 1.82) is 0 Å². The Morgan fingerprint density at radius 3 is 2.71 bits per heavy atom. The van der Waals surface area contributed by atoms with Gasteiger partial charge in [0, 0.05) is 5.56 Å². The SMILES string of the molecule is NCC[C@H](O)c1coc(-c2ccc(F)cc2)n1. The molecule has 0 saturated carbocycles. The topological polar surface area (TPSA) is 72.3 Å². The maximum atomic E-state index is 12.7. The first kappa shape index (κ1) is 11.8. The highest BCUT2D eigenvalue weighted by atomic mass is 19.1. The Morgan fingerprint density at radius 2 is 2.06 bits per heavy atom. The van der Waals surface area contributed by atoms with E-state index >= 15 is 0 Å². The number of rotatable bonds is 4. The first-order valence-electron chi connectivity index (χ1n) is 5.30. The molecule has 0 fully saturated rings. The largest absolute Gasteiger partial charge is 0.444 e. The van der Waals surface area contributed by atoms with Gasteiger partial charge >= 0.3 is 0 Å². The maximum absolute atomic E-state index is 12.7. The smallest absolute Gasteiger partial charge is 0.226 e. The number of benzene rings is 1. The van der Waals surface area contributed by atoms with E-state index in [1.165, 1.54) is 18.4 Å². The van der Waals surface area contributed by atoms with Crippen LogP contribution in [-0.4, -0.2) is 16.6 Å². The summed E-state index contributed by atoms with van der Waals surface area (Å²) in [6.45, 7) is 0.375. The van der Waals surface area contributed by atoms with Crippen LogP contribution in [0.5, 0.6) is 0 Å². The fourth-order valence-corrected chi connectivity index (χ4v) is 1.47. The van der Waals surface area contributed by atoms with Crippen molar-refractivity contribution in [2.45, 2.75) is 12.5 Å². The van der Waals surface area contributed by atoms with Gasteiger partial charge in [0.25, 0.3) is 0 Å². The fourth-order valence-electron chi connectivity index (χ4n) is 1.47. The second-order valence-electron chi connectivity index (χ2n) is 3.68. The molecular weight excluding hydrogens is 223 g/mol. The van der Waals surface area contributed by atoms with Gasteiger partial charge in [-0.1, -0.05) is 0 Å². The predicted octanol–water partition coefficient (Wildman–Crippen LogP) is 1.86. The van der Waals surface area contributed by atoms with E-state index in [1.807, 2.05) is 0 Å². The number of oxazole rings is 1. The van der Waals surface area contributed by atoms with E-state index in [2.05, 4.69) is 4.98 Å². The molecule has 1 atom stereocenters. The zero-order valence-electron chi connectivity index (χ0n) is 9.14. The number of hydrogen-bond donors (Lipinski definition) is 2. The normalized spacial score (nSPS) is 12.6. The molecule has 0 bridgehead atoms. The van der Waals surface area contributed by atoms with Crippen LogP contribution in [0.25, 0.3) is 11.5 Å². The van der Waals surface area contributed by atoms with Crippen molar-refractivity contribution in [3.63, 3.8) is 0 Å². The van der Waals surface area contributed by atoms with Crippen molar-refractivity contribution in [2.75, 3.05) is 6.54 Å². The Kier molecular flexibility index (Phi) is 3.51. The number of nitrogens with two attached hydrogens (primary N) is 1. The van der Waals surface area contributed by atoms with Gasteiger partial charge in [-0.2, -0.15) is 0 Å². The molecule has 1 aromatic carbocycles. The first-order valence-corrected chi connectivity index (χ1v) is 5.30. The van der Waals surface area contributed by atoms with Crippen LogP contribution in [0, 0.1) is 5.82 Å². The minimum Gasteiger partial charge on any atom is -0.444 e. The molecule has 5 heteroatoms. The summed E-state index contributed by atoms with van der Waals surface area (Å²) in [6.07, 6.45) is 1.09. The summed E-state index contributed by atoms with van der Waals surface area (Å²) in [7, 11) is 0. The molecule has 0 radical (unpaired) electrons. The molecule has 1 aromatic heterocycles. The van der Waals surface area contributed by atoms with Crippen LogP contribution in [0.2, 0.25) is 0 Å². The average Bonchev–Trinajstić information content (AvgIpc) is 2.80. The van der Waals surface area contributed by atoms with Crippen molar-refractivity contribution in [3.8, 4) is 11.5 Å². The number of halogens is 1. The predicted molar refractivity (Wildman–Crippen MR) is 60.5 cm³/mol. The van der Waals surface area contributed by atoms with E-state index in [1.54, 1.807) is 12.1 Å². The van der Waals surface area contributed by atoms with Crippen LogP contribution < -0.4 is 5.73 Å². The third-order valence-electron chi connectivity index (χ3n) is 2.39. The van der Waals surface area contributed by atoms with Gasteiger partial charge < -0.3 is 15.3 Å². The second kappa shape index (κ2) is 5.07. The van der Waals surface area contributed by atoms with Crippen molar-refractivity contribution in [2.24, 2.45) is 5.73 Å². The summed E-state index contributed by atoms with van der Waals surface area (Å²) < 4.78 is 18.0. The van der Waals surface area contributed by atoms with Gasteiger partial charge in [-0.05, 0) is 37.2 Å². The van der Waals surface area contributed by atoms with Gasteiger partial charge in [0.1, 0.15) is 23.9 Å². The van der Waals surface area contributed by atoms with Crippen molar-refractivity contribution in [3.05, 3.63) is 42.0 Å². The maximum Gasteiger partial charge on any atom is 0.226 e. The summed E-state index contributed by atoms with van der Waals surface area (Å²) in [6, 6.07) is 5.80. The summed E-state index contributed by atoms with van der Waals surface area (Å²) in [5.41, 5.74) is 6.45. The number of hydrogen-bond acceptors (Lipinski definition) is 4. The third kappa shape index (κ3) is 2.69. The Morgan fingerprint density at radius 1 is 1.35 bits per heavy atom. The van der Waals surface area contributed by atoms with Gasteiger partial charge in [-0.3, -0.25) is 0 Å². The molecule has 0 spiro atoms. The highest BCUT2D eigenvalue weighted by Crippen LogP contribution is 2.22. The zero-order chi connectivity index (χ0) is 12.3. The van der Waals surface area contributed by atoms with E-state index in [0.29, 0.717) is 30.1 Å². The van der Waals surface area contributed by atoms with E-state index < -0.39 is 6.10 Å². The van der Waals surface area contributed by atoms with Crippen molar-refractivity contribution < 1.29 is 13.9 Å². The Balaban J connectivity index is 2.20. The summed E-state index contributed by atoms with van der Waals surface area (Å²) >= 11 is 0. The van der Waals surface area contributed by atoms with E-state index in [4.69, 9.17) is 10.2 Å². The highest BCUT2D eigenvalue weighted by molar-refractivity contribution is 5.52. The van der Waals surface area contributed by atoms with Crippen LogP contribution >= 0.6 is 0 Å². The molecule has 0 amide bonds. The number of aliphatic hydroxyl groups excluding tert-OH is 1.